The summed E-state index contributed by atoms with van der Waals surface area (Å²) >= 11 is 6.20. The lowest BCUT2D eigenvalue weighted by molar-refractivity contribution is 0.544. The molecule has 0 aromatic carbocycles. The van der Waals surface area contributed by atoms with E-state index in [-0.39, 0.29) is 0 Å². The molecule has 0 spiro atoms. The molecule has 3 heterocycles. The van der Waals surface area contributed by atoms with E-state index in [0.29, 0.717) is 33.7 Å². The fraction of sp³-hybridized carbons (Fsp3) is 0.312. The Balaban J connectivity index is 1.97. The fourth-order valence-corrected chi connectivity index (χ4v) is 2.21. The molecule has 0 aliphatic rings. The van der Waals surface area contributed by atoms with Gasteiger partial charge in [-0.25, -0.2) is 15.0 Å². The largest absolute Gasteiger partial charge is 0.458 e. The first-order valence-corrected chi connectivity index (χ1v) is 7.54. The standard InChI is InChI=1S/C16H15ClN4O/c1-3-4-5-6-7-12-18-13-14(17)20-15(21-16(13)19-12)11-9-8-10(2)22-11/h8-9H,3-5H2,1-2H3,(H,18,19,20,21). The molecule has 0 saturated heterocycles. The Bertz CT molecular complexity index is 869. The van der Waals surface area contributed by atoms with Gasteiger partial charge in [0.1, 0.15) is 11.3 Å². The van der Waals surface area contributed by atoms with E-state index in [9.17, 15) is 0 Å². The van der Waals surface area contributed by atoms with Gasteiger partial charge in [0.2, 0.25) is 0 Å². The van der Waals surface area contributed by atoms with E-state index < -0.39 is 0 Å². The van der Waals surface area contributed by atoms with Crippen molar-refractivity contribution in [2.45, 2.75) is 33.1 Å². The molecule has 0 radical (unpaired) electrons. The number of H-pyrrole nitrogens is 1. The number of rotatable bonds is 3. The van der Waals surface area contributed by atoms with Crippen molar-refractivity contribution >= 4 is 22.8 Å². The van der Waals surface area contributed by atoms with E-state index in [1.165, 1.54) is 0 Å². The number of imidazole rings is 1. The minimum absolute atomic E-state index is 0.308. The quantitative estimate of drug-likeness (QED) is 0.448. The van der Waals surface area contributed by atoms with Gasteiger partial charge in [0.05, 0.1) is 0 Å². The first kappa shape index (κ1) is 14.6. The fourth-order valence-electron chi connectivity index (χ4n) is 2.00. The summed E-state index contributed by atoms with van der Waals surface area (Å²) in [6.45, 7) is 4.00. The number of nitrogens with one attached hydrogen (secondary N) is 1. The average molecular weight is 315 g/mol. The Morgan fingerprint density at radius 2 is 2.14 bits per heavy atom. The Kier molecular flexibility index (Phi) is 4.12. The summed E-state index contributed by atoms with van der Waals surface area (Å²) in [5, 5.41) is 0.308. The molecular weight excluding hydrogens is 300 g/mol. The molecular formula is C16H15ClN4O. The summed E-state index contributed by atoms with van der Waals surface area (Å²) in [6.07, 6.45) is 3.05. The van der Waals surface area contributed by atoms with Crippen LogP contribution in [0, 0.1) is 18.8 Å². The van der Waals surface area contributed by atoms with E-state index >= 15 is 0 Å². The number of nitrogens with zero attached hydrogens (tertiary/aromatic N) is 3. The van der Waals surface area contributed by atoms with Gasteiger partial charge in [-0.2, -0.15) is 0 Å². The van der Waals surface area contributed by atoms with E-state index in [1.807, 2.05) is 19.1 Å². The number of hydrogen-bond acceptors (Lipinski definition) is 4. The summed E-state index contributed by atoms with van der Waals surface area (Å²) in [7, 11) is 0. The van der Waals surface area contributed by atoms with Crippen molar-refractivity contribution in [3.8, 4) is 23.4 Å². The van der Waals surface area contributed by atoms with Crippen molar-refractivity contribution < 1.29 is 4.42 Å². The number of fused-ring (bicyclic) bond motifs is 1. The molecule has 0 bridgehead atoms. The van der Waals surface area contributed by atoms with Gasteiger partial charge in [-0.1, -0.05) is 30.9 Å². The van der Waals surface area contributed by atoms with Gasteiger partial charge >= 0.3 is 0 Å². The average Bonchev–Trinajstić information content (AvgIpc) is 3.10. The molecule has 0 fully saturated rings. The first-order chi connectivity index (χ1) is 10.7. The Morgan fingerprint density at radius 3 is 2.86 bits per heavy atom. The van der Waals surface area contributed by atoms with Crippen molar-refractivity contribution in [1.29, 1.82) is 0 Å². The number of halogens is 1. The number of aryl methyl sites for hydroxylation is 1. The maximum absolute atomic E-state index is 6.20. The second kappa shape index (κ2) is 6.20. The Morgan fingerprint density at radius 1 is 1.27 bits per heavy atom. The molecule has 1 N–H and O–H groups in total. The molecule has 0 saturated carbocycles. The second-order valence-corrected chi connectivity index (χ2v) is 5.30. The van der Waals surface area contributed by atoms with E-state index in [0.717, 1.165) is 25.0 Å². The topological polar surface area (TPSA) is 67.6 Å². The SMILES string of the molecule is CCCCC#Cc1nc2nc(-c3ccc(C)o3)nc(Cl)c2[nH]1. The molecule has 112 valence electrons. The van der Waals surface area contributed by atoms with Crippen LogP contribution in [-0.2, 0) is 0 Å². The van der Waals surface area contributed by atoms with E-state index in [1.54, 1.807) is 0 Å². The third-order valence-corrected chi connectivity index (χ3v) is 3.40. The highest BCUT2D eigenvalue weighted by Crippen LogP contribution is 2.24. The smallest absolute Gasteiger partial charge is 0.199 e. The number of unbranched alkanes of at least 4 members (excludes halogenated alkanes) is 2. The number of hydrogen-bond donors (Lipinski definition) is 1. The van der Waals surface area contributed by atoms with Gasteiger partial charge in [-0.15, -0.1) is 0 Å². The predicted molar refractivity (Wildman–Crippen MR) is 85.5 cm³/mol. The van der Waals surface area contributed by atoms with Gasteiger partial charge in [-0.05, 0) is 31.4 Å². The lowest BCUT2D eigenvalue weighted by Crippen LogP contribution is -1.90. The highest BCUT2D eigenvalue weighted by Gasteiger charge is 2.13. The molecule has 5 nitrogen and oxygen atoms in total. The summed E-state index contributed by atoms with van der Waals surface area (Å²) < 4.78 is 5.52. The number of aromatic amines is 1. The first-order valence-electron chi connectivity index (χ1n) is 7.16. The van der Waals surface area contributed by atoms with Crippen LogP contribution in [0.15, 0.2) is 16.5 Å². The van der Waals surface area contributed by atoms with Crippen molar-refractivity contribution in [2.24, 2.45) is 0 Å². The van der Waals surface area contributed by atoms with Crippen LogP contribution < -0.4 is 0 Å². The van der Waals surface area contributed by atoms with Crippen LogP contribution in [0.25, 0.3) is 22.7 Å². The van der Waals surface area contributed by atoms with Gasteiger partial charge in [0.15, 0.2) is 28.2 Å². The predicted octanol–water partition coefficient (Wildman–Crippen LogP) is 4.12. The van der Waals surface area contributed by atoms with Crippen LogP contribution in [0.5, 0.6) is 0 Å². The molecule has 0 aliphatic heterocycles. The second-order valence-electron chi connectivity index (χ2n) is 4.94. The van der Waals surface area contributed by atoms with Crippen LogP contribution in [0.3, 0.4) is 0 Å². The van der Waals surface area contributed by atoms with Crippen molar-refractivity contribution in [1.82, 2.24) is 19.9 Å². The molecule has 22 heavy (non-hydrogen) atoms. The molecule has 6 heteroatoms. The molecule has 0 atom stereocenters. The zero-order chi connectivity index (χ0) is 15.5. The third kappa shape index (κ3) is 2.97. The zero-order valence-corrected chi connectivity index (χ0v) is 13.2. The van der Waals surface area contributed by atoms with Crippen molar-refractivity contribution in [3.05, 3.63) is 28.9 Å². The van der Waals surface area contributed by atoms with Gasteiger partial charge in [-0.3, -0.25) is 0 Å². The summed E-state index contributed by atoms with van der Waals surface area (Å²) in [6, 6.07) is 3.66. The molecule has 3 aromatic rings. The molecule has 0 aliphatic carbocycles. The maximum atomic E-state index is 6.20. The summed E-state index contributed by atoms with van der Waals surface area (Å²) in [4.78, 5) is 16.0. The summed E-state index contributed by atoms with van der Waals surface area (Å²) in [5.41, 5.74) is 1.08. The van der Waals surface area contributed by atoms with Crippen molar-refractivity contribution in [3.63, 3.8) is 0 Å². The number of aromatic nitrogens is 4. The molecule has 0 unspecified atom stereocenters. The molecule has 3 rings (SSSR count). The van der Waals surface area contributed by atoms with Gasteiger partial charge in [0, 0.05) is 6.42 Å². The minimum atomic E-state index is 0.308. The summed E-state index contributed by atoms with van der Waals surface area (Å²) in [5.74, 6) is 8.40. The van der Waals surface area contributed by atoms with Crippen LogP contribution in [0.1, 0.15) is 37.8 Å². The lowest BCUT2D eigenvalue weighted by atomic mass is 10.2. The molecule has 3 aromatic heterocycles. The van der Waals surface area contributed by atoms with Crippen LogP contribution in [-0.4, -0.2) is 19.9 Å². The van der Waals surface area contributed by atoms with Gasteiger partial charge < -0.3 is 9.40 Å². The Labute approximate surface area is 133 Å². The maximum Gasteiger partial charge on any atom is 0.199 e. The van der Waals surface area contributed by atoms with Crippen LogP contribution >= 0.6 is 11.6 Å². The highest BCUT2D eigenvalue weighted by atomic mass is 35.5. The number of furan rings is 1. The van der Waals surface area contributed by atoms with Crippen molar-refractivity contribution in [2.75, 3.05) is 0 Å². The third-order valence-electron chi connectivity index (χ3n) is 3.13. The minimum Gasteiger partial charge on any atom is -0.458 e. The van der Waals surface area contributed by atoms with E-state index in [4.69, 9.17) is 16.0 Å². The zero-order valence-electron chi connectivity index (χ0n) is 12.4. The van der Waals surface area contributed by atoms with E-state index in [2.05, 4.69) is 38.7 Å². The normalized spacial score (nSPS) is 10.7. The Hall–Kier alpha value is -2.32. The monoisotopic (exact) mass is 314 g/mol. The van der Waals surface area contributed by atoms with Crippen LogP contribution in [0.4, 0.5) is 0 Å². The lowest BCUT2D eigenvalue weighted by Gasteiger charge is -1.97. The van der Waals surface area contributed by atoms with Gasteiger partial charge in [0.25, 0.3) is 0 Å². The van der Waals surface area contributed by atoms with Crippen LogP contribution in [0.2, 0.25) is 5.15 Å². The highest BCUT2D eigenvalue weighted by molar-refractivity contribution is 6.33. The molecule has 0 amide bonds.